The molecule has 0 radical (unpaired) electrons. The minimum Gasteiger partial charge on any atom is -0.349 e. The second-order valence-corrected chi connectivity index (χ2v) is 4.43. The van der Waals surface area contributed by atoms with Gasteiger partial charge in [0.25, 0.3) is 0 Å². The number of rotatable bonds is 2. The van der Waals surface area contributed by atoms with Gasteiger partial charge in [-0.3, -0.25) is 4.79 Å². The van der Waals surface area contributed by atoms with Gasteiger partial charge < -0.3 is 4.90 Å². The molecule has 1 aliphatic rings. The maximum absolute atomic E-state index is 11.6. The van der Waals surface area contributed by atoms with Crippen molar-refractivity contribution >= 4 is 5.91 Å². The molecule has 0 spiro atoms. The van der Waals surface area contributed by atoms with E-state index in [1.807, 2.05) is 14.1 Å². The number of amides is 1. The number of aryl methyl sites for hydroxylation is 1. The van der Waals surface area contributed by atoms with Gasteiger partial charge in [-0.25, -0.2) is 0 Å². The lowest BCUT2D eigenvalue weighted by Crippen LogP contribution is -2.23. The number of fused-ring (bicyclic) bond motifs is 1. The fourth-order valence-electron chi connectivity index (χ4n) is 2.25. The maximum Gasteiger partial charge on any atom is 0.222 e. The molecule has 0 heterocycles. The molecule has 0 saturated carbocycles. The highest BCUT2D eigenvalue weighted by Gasteiger charge is 2.24. The molecule has 1 amide bonds. The zero-order chi connectivity index (χ0) is 10.8. The van der Waals surface area contributed by atoms with Crippen molar-refractivity contribution in [3.8, 4) is 0 Å². The molecule has 1 aliphatic carbocycles. The summed E-state index contributed by atoms with van der Waals surface area (Å²) < 4.78 is 0. The van der Waals surface area contributed by atoms with Crippen molar-refractivity contribution in [3.05, 3.63) is 35.4 Å². The standard InChI is InChI=1S/C13H17NO/c1-14(2)13(15)9-11-8-7-10-5-3-4-6-12(10)11/h3-6,11H,7-9H2,1-2H3/t11-/m0/s1. The van der Waals surface area contributed by atoms with Crippen molar-refractivity contribution in [2.24, 2.45) is 0 Å². The van der Waals surface area contributed by atoms with Crippen LogP contribution in [0.25, 0.3) is 0 Å². The predicted octanol–water partition coefficient (Wildman–Crippen LogP) is 2.19. The summed E-state index contributed by atoms with van der Waals surface area (Å²) in [6.45, 7) is 0. The van der Waals surface area contributed by atoms with E-state index < -0.39 is 0 Å². The van der Waals surface area contributed by atoms with E-state index in [9.17, 15) is 4.79 Å². The third-order valence-corrected chi connectivity index (χ3v) is 3.18. The SMILES string of the molecule is CN(C)C(=O)C[C@@H]1CCc2ccccc21. The molecule has 0 N–H and O–H groups in total. The first-order valence-electron chi connectivity index (χ1n) is 5.46. The summed E-state index contributed by atoms with van der Waals surface area (Å²) in [6, 6.07) is 8.48. The molecule has 0 bridgehead atoms. The van der Waals surface area contributed by atoms with Crippen molar-refractivity contribution in [3.63, 3.8) is 0 Å². The van der Waals surface area contributed by atoms with Crippen LogP contribution in [0.4, 0.5) is 0 Å². The zero-order valence-corrected chi connectivity index (χ0v) is 9.36. The van der Waals surface area contributed by atoms with Crippen LogP contribution in [0.1, 0.15) is 29.9 Å². The van der Waals surface area contributed by atoms with Gasteiger partial charge in [0, 0.05) is 20.5 Å². The summed E-state index contributed by atoms with van der Waals surface area (Å²) in [5.74, 6) is 0.674. The number of carbonyl (C=O) groups is 1. The van der Waals surface area contributed by atoms with Gasteiger partial charge in [-0.05, 0) is 29.9 Å². The van der Waals surface area contributed by atoms with Gasteiger partial charge in [0.1, 0.15) is 0 Å². The Labute approximate surface area is 90.9 Å². The van der Waals surface area contributed by atoms with E-state index in [0.717, 1.165) is 12.8 Å². The van der Waals surface area contributed by atoms with Crippen molar-refractivity contribution in [2.45, 2.75) is 25.2 Å². The highest BCUT2D eigenvalue weighted by atomic mass is 16.2. The number of carbonyl (C=O) groups excluding carboxylic acids is 1. The summed E-state index contributed by atoms with van der Waals surface area (Å²) >= 11 is 0. The number of nitrogens with zero attached hydrogens (tertiary/aromatic N) is 1. The Morgan fingerprint density at radius 3 is 2.87 bits per heavy atom. The molecule has 0 saturated heterocycles. The number of hydrogen-bond donors (Lipinski definition) is 0. The van der Waals surface area contributed by atoms with Gasteiger partial charge in [-0.15, -0.1) is 0 Å². The first-order chi connectivity index (χ1) is 7.18. The first kappa shape index (κ1) is 10.2. The van der Waals surface area contributed by atoms with Crippen LogP contribution in [0.3, 0.4) is 0 Å². The summed E-state index contributed by atoms with van der Waals surface area (Å²) in [5, 5.41) is 0. The van der Waals surface area contributed by atoms with E-state index >= 15 is 0 Å². The predicted molar refractivity (Wildman–Crippen MR) is 60.8 cm³/mol. The summed E-state index contributed by atoms with van der Waals surface area (Å²) in [5.41, 5.74) is 2.81. The van der Waals surface area contributed by atoms with Gasteiger partial charge in [0.15, 0.2) is 0 Å². The van der Waals surface area contributed by atoms with Gasteiger partial charge in [0.05, 0.1) is 0 Å². The van der Waals surface area contributed by atoms with Crippen LogP contribution in [0.2, 0.25) is 0 Å². The quantitative estimate of drug-likeness (QED) is 0.721. The summed E-state index contributed by atoms with van der Waals surface area (Å²) in [7, 11) is 3.65. The van der Waals surface area contributed by atoms with E-state index in [1.54, 1.807) is 4.90 Å². The first-order valence-corrected chi connectivity index (χ1v) is 5.46. The second-order valence-electron chi connectivity index (χ2n) is 4.43. The molecule has 2 nitrogen and oxygen atoms in total. The Bertz CT molecular complexity index is 371. The molecule has 0 fully saturated rings. The number of hydrogen-bond acceptors (Lipinski definition) is 1. The van der Waals surface area contributed by atoms with E-state index in [0.29, 0.717) is 12.3 Å². The largest absolute Gasteiger partial charge is 0.349 e. The van der Waals surface area contributed by atoms with Gasteiger partial charge in [-0.2, -0.15) is 0 Å². The van der Waals surface area contributed by atoms with E-state index in [-0.39, 0.29) is 5.91 Å². The van der Waals surface area contributed by atoms with Crippen molar-refractivity contribution in [1.82, 2.24) is 4.90 Å². The molecule has 1 aromatic rings. The smallest absolute Gasteiger partial charge is 0.222 e. The van der Waals surface area contributed by atoms with Crippen LogP contribution < -0.4 is 0 Å². The third-order valence-electron chi connectivity index (χ3n) is 3.18. The van der Waals surface area contributed by atoms with Crippen LogP contribution in [-0.2, 0) is 11.2 Å². The highest BCUT2D eigenvalue weighted by Crippen LogP contribution is 2.35. The topological polar surface area (TPSA) is 20.3 Å². The molecular formula is C13H17NO. The lowest BCUT2D eigenvalue weighted by Gasteiger charge is -2.15. The van der Waals surface area contributed by atoms with Gasteiger partial charge in [0.2, 0.25) is 5.91 Å². The van der Waals surface area contributed by atoms with E-state index in [1.165, 1.54) is 11.1 Å². The zero-order valence-electron chi connectivity index (χ0n) is 9.36. The van der Waals surface area contributed by atoms with Crippen molar-refractivity contribution < 1.29 is 4.79 Å². The highest BCUT2D eigenvalue weighted by molar-refractivity contribution is 5.76. The van der Waals surface area contributed by atoms with Crippen molar-refractivity contribution in [1.29, 1.82) is 0 Å². The second kappa shape index (κ2) is 4.05. The normalized spacial score (nSPS) is 18.7. The fourth-order valence-corrected chi connectivity index (χ4v) is 2.25. The van der Waals surface area contributed by atoms with Crippen molar-refractivity contribution in [2.75, 3.05) is 14.1 Å². The Morgan fingerprint density at radius 1 is 1.40 bits per heavy atom. The van der Waals surface area contributed by atoms with Gasteiger partial charge >= 0.3 is 0 Å². The minimum absolute atomic E-state index is 0.233. The van der Waals surface area contributed by atoms with Crippen LogP contribution in [0.5, 0.6) is 0 Å². The number of benzene rings is 1. The molecule has 1 atom stereocenters. The third kappa shape index (κ3) is 2.04. The van der Waals surface area contributed by atoms with Crippen LogP contribution in [0, 0.1) is 0 Å². The Morgan fingerprint density at radius 2 is 2.13 bits per heavy atom. The molecule has 80 valence electrons. The molecule has 15 heavy (non-hydrogen) atoms. The van der Waals surface area contributed by atoms with Crippen LogP contribution in [-0.4, -0.2) is 24.9 Å². The van der Waals surface area contributed by atoms with Crippen LogP contribution >= 0.6 is 0 Å². The molecule has 0 aliphatic heterocycles. The lowest BCUT2D eigenvalue weighted by atomic mass is 9.97. The molecule has 1 aromatic carbocycles. The van der Waals surface area contributed by atoms with E-state index in [2.05, 4.69) is 24.3 Å². The average molecular weight is 203 g/mol. The summed E-state index contributed by atoms with van der Waals surface area (Å²) in [6.07, 6.45) is 2.91. The lowest BCUT2D eigenvalue weighted by molar-refractivity contribution is -0.129. The monoisotopic (exact) mass is 203 g/mol. The average Bonchev–Trinajstić information content (AvgIpc) is 2.62. The Hall–Kier alpha value is -1.31. The fraction of sp³-hybridized carbons (Fsp3) is 0.462. The molecular weight excluding hydrogens is 186 g/mol. The molecule has 0 aromatic heterocycles. The molecule has 0 unspecified atom stereocenters. The maximum atomic E-state index is 11.6. The van der Waals surface area contributed by atoms with Crippen LogP contribution in [0.15, 0.2) is 24.3 Å². The van der Waals surface area contributed by atoms with Gasteiger partial charge in [-0.1, -0.05) is 24.3 Å². The Balaban J connectivity index is 2.11. The molecule has 2 rings (SSSR count). The molecule has 2 heteroatoms. The van der Waals surface area contributed by atoms with E-state index in [4.69, 9.17) is 0 Å². The Kier molecular flexibility index (Phi) is 2.76. The summed E-state index contributed by atoms with van der Waals surface area (Å²) in [4.78, 5) is 13.3. The minimum atomic E-state index is 0.233.